The van der Waals surface area contributed by atoms with E-state index in [0.29, 0.717) is 4.34 Å². The molecule has 1 N–H and O–H groups in total. The summed E-state index contributed by atoms with van der Waals surface area (Å²) in [6.07, 6.45) is 0. The number of nitrogens with one attached hydrogen (secondary N) is 1. The minimum Gasteiger partial charge on any atom is -0.340 e. The van der Waals surface area contributed by atoms with E-state index in [9.17, 15) is 9.59 Å². The van der Waals surface area contributed by atoms with E-state index in [1.807, 2.05) is 32.9 Å². The van der Waals surface area contributed by atoms with Gasteiger partial charge in [0.25, 0.3) is 0 Å². The van der Waals surface area contributed by atoms with Gasteiger partial charge in [0.2, 0.25) is 11.8 Å². The van der Waals surface area contributed by atoms with Crippen molar-refractivity contribution in [3.63, 3.8) is 0 Å². The van der Waals surface area contributed by atoms with Crippen LogP contribution in [-0.2, 0) is 9.59 Å². The summed E-state index contributed by atoms with van der Waals surface area (Å²) in [7, 11) is 0. The van der Waals surface area contributed by atoms with E-state index in [1.165, 1.54) is 11.3 Å². The molecule has 0 aliphatic carbocycles. The number of amides is 2. The minimum atomic E-state index is -0.877. The molecular formula is C15H21ClN2O2S. The van der Waals surface area contributed by atoms with Gasteiger partial charge in [-0.1, -0.05) is 25.4 Å². The first kappa shape index (κ1) is 16.3. The molecule has 2 atom stereocenters. The van der Waals surface area contributed by atoms with Gasteiger partial charge in [0.15, 0.2) is 0 Å². The number of hydrogen-bond acceptors (Lipinski definition) is 3. The minimum absolute atomic E-state index is 0.0444. The van der Waals surface area contributed by atoms with Crippen LogP contribution in [0.15, 0.2) is 12.1 Å². The SMILES string of the molecule is CC(C)C1C(=O)NC(C)(C)C(=O)N1C(C)c1ccc(Cl)s1. The number of hydrogen-bond donors (Lipinski definition) is 1. The summed E-state index contributed by atoms with van der Waals surface area (Å²) < 4.78 is 0.686. The van der Waals surface area contributed by atoms with Crippen molar-refractivity contribution >= 4 is 34.8 Å². The molecule has 0 bridgehead atoms. The van der Waals surface area contributed by atoms with Gasteiger partial charge in [-0.25, -0.2) is 0 Å². The monoisotopic (exact) mass is 328 g/mol. The summed E-state index contributed by atoms with van der Waals surface area (Å²) in [4.78, 5) is 27.9. The highest BCUT2D eigenvalue weighted by Gasteiger charge is 2.48. The Morgan fingerprint density at radius 1 is 1.29 bits per heavy atom. The molecule has 116 valence electrons. The van der Waals surface area contributed by atoms with E-state index >= 15 is 0 Å². The molecule has 1 aliphatic heterocycles. The van der Waals surface area contributed by atoms with E-state index in [4.69, 9.17) is 11.6 Å². The van der Waals surface area contributed by atoms with Crippen molar-refractivity contribution in [2.45, 2.75) is 52.2 Å². The lowest BCUT2D eigenvalue weighted by molar-refractivity contribution is -0.158. The van der Waals surface area contributed by atoms with Gasteiger partial charge in [-0.2, -0.15) is 0 Å². The molecule has 1 fully saturated rings. The molecule has 0 spiro atoms. The van der Waals surface area contributed by atoms with E-state index in [-0.39, 0.29) is 23.8 Å². The third-order valence-corrected chi connectivity index (χ3v) is 5.23. The van der Waals surface area contributed by atoms with Crippen molar-refractivity contribution in [3.05, 3.63) is 21.3 Å². The van der Waals surface area contributed by atoms with Crippen molar-refractivity contribution in [2.75, 3.05) is 0 Å². The molecule has 1 aromatic rings. The Bertz CT molecular complexity index is 568. The lowest BCUT2D eigenvalue weighted by Gasteiger charge is -2.46. The third kappa shape index (κ3) is 2.94. The van der Waals surface area contributed by atoms with Crippen LogP contribution in [0.4, 0.5) is 0 Å². The molecule has 2 rings (SSSR count). The van der Waals surface area contributed by atoms with Crippen LogP contribution in [0.2, 0.25) is 4.34 Å². The fourth-order valence-electron chi connectivity index (χ4n) is 2.74. The zero-order chi connectivity index (χ0) is 15.9. The Balaban J connectivity index is 2.43. The highest BCUT2D eigenvalue weighted by atomic mass is 35.5. The average molecular weight is 329 g/mol. The molecule has 2 heterocycles. The summed E-state index contributed by atoms with van der Waals surface area (Å²) in [5.74, 6) is -0.107. The Morgan fingerprint density at radius 2 is 1.90 bits per heavy atom. The first-order valence-electron chi connectivity index (χ1n) is 7.05. The second-order valence-electron chi connectivity index (χ2n) is 6.33. The van der Waals surface area contributed by atoms with Crippen molar-refractivity contribution < 1.29 is 9.59 Å². The summed E-state index contributed by atoms with van der Waals surface area (Å²) in [6.45, 7) is 9.34. The van der Waals surface area contributed by atoms with Gasteiger partial charge < -0.3 is 10.2 Å². The van der Waals surface area contributed by atoms with Crippen LogP contribution in [0.1, 0.15) is 45.5 Å². The number of carbonyl (C=O) groups is 2. The van der Waals surface area contributed by atoms with Gasteiger partial charge in [-0.3, -0.25) is 9.59 Å². The van der Waals surface area contributed by atoms with Gasteiger partial charge in [0.1, 0.15) is 11.6 Å². The number of halogens is 1. The number of nitrogens with zero attached hydrogens (tertiary/aromatic N) is 1. The molecule has 1 saturated heterocycles. The lowest BCUT2D eigenvalue weighted by Crippen LogP contribution is -2.69. The standard InChI is InChI=1S/C15H21ClN2O2S/c1-8(2)12-13(19)17-15(4,5)14(20)18(12)9(3)10-6-7-11(16)21-10/h6-9,12H,1-5H3,(H,17,19). The van der Waals surface area contributed by atoms with Gasteiger partial charge in [0.05, 0.1) is 10.4 Å². The van der Waals surface area contributed by atoms with Crippen LogP contribution in [0.25, 0.3) is 0 Å². The maximum absolute atomic E-state index is 12.8. The smallest absolute Gasteiger partial charge is 0.248 e. The van der Waals surface area contributed by atoms with E-state index < -0.39 is 11.6 Å². The van der Waals surface area contributed by atoms with Crippen molar-refractivity contribution in [1.82, 2.24) is 10.2 Å². The lowest BCUT2D eigenvalue weighted by atomic mass is 9.90. The van der Waals surface area contributed by atoms with Crippen LogP contribution in [0.5, 0.6) is 0 Å². The van der Waals surface area contributed by atoms with Crippen molar-refractivity contribution in [2.24, 2.45) is 5.92 Å². The molecule has 0 radical (unpaired) electrons. The number of piperazine rings is 1. The van der Waals surface area contributed by atoms with Gasteiger partial charge in [-0.05, 0) is 38.8 Å². The van der Waals surface area contributed by atoms with Gasteiger partial charge in [0, 0.05) is 4.88 Å². The molecule has 6 heteroatoms. The molecule has 2 unspecified atom stereocenters. The molecule has 2 amide bonds. The highest BCUT2D eigenvalue weighted by Crippen LogP contribution is 2.35. The predicted molar refractivity (Wildman–Crippen MR) is 85.4 cm³/mol. The normalized spacial score (nSPS) is 23.4. The van der Waals surface area contributed by atoms with Crippen LogP contribution in [-0.4, -0.2) is 28.3 Å². The zero-order valence-corrected chi connectivity index (χ0v) is 14.5. The highest BCUT2D eigenvalue weighted by molar-refractivity contribution is 7.16. The number of thiophene rings is 1. The van der Waals surface area contributed by atoms with Crippen LogP contribution in [0, 0.1) is 5.92 Å². The number of rotatable bonds is 3. The summed E-state index contributed by atoms with van der Waals surface area (Å²) in [5.41, 5.74) is -0.877. The maximum Gasteiger partial charge on any atom is 0.248 e. The number of carbonyl (C=O) groups excluding carboxylic acids is 2. The van der Waals surface area contributed by atoms with Crippen molar-refractivity contribution in [1.29, 1.82) is 0 Å². The molecule has 0 saturated carbocycles. The molecule has 4 nitrogen and oxygen atoms in total. The van der Waals surface area contributed by atoms with E-state index in [0.717, 1.165) is 4.88 Å². The fraction of sp³-hybridized carbons (Fsp3) is 0.600. The second kappa shape index (κ2) is 5.61. The Kier molecular flexibility index (Phi) is 4.36. The summed E-state index contributed by atoms with van der Waals surface area (Å²) in [6, 6.07) is 3.11. The third-order valence-electron chi connectivity index (χ3n) is 3.83. The molecule has 1 aliphatic rings. The summed E-state index contributed by atoms with van der Waals surface area (Å²) in [5, 5.41) is 2.83. The van der Waals surface area contributed by atoms with Crippen LogP contribution < -0.4 is 5.32 Å². The quantitative estimate of drug-likeness (QED) is 0.926. The predicted octanol–water partition coefficient (Wildman–Crippen LogP) is 3.22. The topological polar surface area (TPSA) is 49.4 Å². The maximum atomic E-state index is 12.8. The Morgan fingerprint density at radius 3 is 2.38 bits per heavy atom. The Hall–Kier alpha value is -1.07. The van der Waals surface area contributed by atoms with Gasteiger partial charge in [-0.15, -0.1) is 11.3 Å². The van der Waals surface area contributed by atoms with Gasteiger partial charge >= 0.3 is 0 Å². The summed E-state index contributed by atoms with van der Waals surface area (Å²) >= 11 is 7.45. The largest absolute Gasteiger partial charge is 0.340 e. The van der Waals surface area contributed by atoms with Crippen molar-refractivity contribution in [3.8, 4) is 0 Å². The van der Waals surface area contributed by atoms with E-state index in [1.54, 1.807) is 18.7 Å². The molecule has 1 aromatic heterocycles. The van der Waals surface area contributed by atoms with Crippen LogP contribution >= 0.6 is 22.9 Å². The van der Waals surface area contributed by atoms with E-state index in [2.05, 4.69) is 5.32 Å². The molecule has 0 aromatic carbocycles. The Labute approximate surface area is 134 Å². The van der Waals surface area contributed by atoms with Crippen LogP contribution in [0.3, 0.4) is 0 Å². The first-order valence-corrected chi connectivity index (χ1v) is 8.24. The molecular weight excluding hydrogens is 308 g/mol. The molecule has 21 heavy (non-hydrogen) atoms. The average Bonchev–Trinajstić information content (AvgIpc) is 2.78. The second-order valence-corrected chi connectivity index (χ2v) is 8.08. The fourth-order valence-corrected chi connectivity index (χ4v) is 3.85. The zero-order valence-electron chi connectivity index (χ0n) is 12.9. The first-order chi connectivity index (χ1) is 9.65.